The van der Waals surface area contributed by atoms with Gasteiger partial charge < -0.3 is 35.5 Å². The van der Waals surface area contributed by atoms with Crippen LogP contribution in [0.1, 0.15) is 0 Å². The molecular weight excluding hydrogens is 195 g/mol. The third-order valence-corrected chi connectivity index (χ3v) is 0.421. The van der Waals surface area contributed by atoms with Gasteiger partial charge in [-0.25, -0.2) is 4.57 Å². The molecule has 0 fully saturated rings. The Kier molecular flexibility index (Phi) is 13.5. The molecule has 0 aliphatic heterocycles. The van der Waals surface area contributed by atoms with E-state index in [1.54, 1.807) is 0 Å². The van der Waals surface area contributed by atoms with Crippen molar-refractivity contribution in [3.05, 3.63) is 0 Å². The van der Waals surface area contributed by atoms with Crippen LogP contribution >= 0.6 is 7.82 Å². The Labute approximate surface area is 68.3 Å². The van der Waals surface area contributed by atoms with E-state index < -0.39 is 13.9 Å². The predicted molar refractivity (Wildman–Crippen MR) is 38.1 cm³/mol. The van der Waals surface area contributed by atoms with Crippen molar-refractivity contribution in [3.63, 3.8) is 0 Å². The Balaban J connectivity index is -0.000000126. The van der Waals surface area contributed by atoms with Gasteiger partial charge in [-0.1, -0.05) is 0 Å². The third-order valence-electron chi connectivity index (χ3n) is 0.421. The van der Waals surface area contributed by atoms with Crippen molar-refractivity contribution < 1.29 is 40.0 Å². The second-order valence-corrected chi connectivity index (χ2v) is 2.56. The molecule has 0 radical (unpaired) electrons. The number of rotatable bonds is 2. The lowest BCUT2D eigenvalue weighted by Gasteiger charge is -1.96. The van der Waals surface area contributed by atoms with Crippen molar-refractivity contribution in [1.82, 2.24) is 0 Å². The molecule has 9 heteroatoms. The molecule has 0 saturated carbocycles. The van der Waals surface area contributed by atoms with Gasteiger partial charge >= 0.3 is 7.82 Å². The van der Waals surface area contributed by atoms with Gasteiger partial charge in [-0.3, -0.25) is 0 Å². The molecule has 8 nitrogen and oxygen atoms in total. The smallest absolute Gasteiger partial charge is 0.412 e. The predicted octanol–water partition coefficient (Wildman–Crippen LogP) is -3.42. The Morgan fingerprint density at radius 2 is 1.25 bits per heavy atom. The maximum absolute atomic E-state index is 8.88. The van der Waals surface area contributed by atoms with Crippen molar-refractivity contribution >= 4 is 7.82 Å². The summed E-state index contributed by atoms with van der Waals surface area (Å²) in [6, 6.07) is 0. The highest BCUT2D eigenvalue weighted by Gasteiger charge is 2.00. The molecule has 0 aromatic heterocycles. The number of hydrogen-bond acceptors (Lipinski definition) is 4. The molecule has 0 aromatic rings. The highest BCUT2D eigenvalue weighted by atomic mass is 31.2. The van der Waals surface area contributed by atoms with Gasteiger partial charge in [0, 0.05) is 0 Å². The van der Waals surface area contributed by atoms with E-state index in [0.717, 1.165) is 0 Å². The van der Waals surface area contributed by atoms with Crippen LogP contribution in [0.15, 0.2) is 0 Å². The second kappa shape index (κ2) is 9.04. The monoisotopic (exact) mass is 208 g/mol. The van der Waals surface area contributed by atoms with Crippen LogP contribution in [0.3, 0.4) is 0 Å². The molecule has 78 valence electrons. The van der Waals surface area contributed by atoms with Crippen molar-refractivity contribution in [2.45, 2.75) is 6.10 Å². The largest absolute Gasteiger partial charge is 0.466 e. The molecule has 0 spiro atoms. The first-order valence-corrected chi connectivity index (χ1v) is 4.05. The summed E-state index contributed by atoms with van der Waals surface area (Å²) in [7, 11) is -4.64. The molecule has 0 aliphatic rings. The minimum absolute atomic E-state index is 0. The number of hydrogen-bond donors (Lipinski definition) is 6. The maximum atomic E-state index is 8.88. The summed E-state index contributed by atoms with van der Waals surface area (Å²) < 4.78 is 8.88. The fourth-order valence-corrected chi connectivity index (χ4v) is 0.0577. The quantitative estimate of drug-likeness (QED) is 0.256. The summed E-state index contributed by atoms with van der Waals surface area (Å²) in [6.07, 6.45) is -0.954. The van der Waals surface area contributed by atoms with Gasteiger partial charge in [0.05, 0.1) is 13.2 Å². The molecular formula is C3H13O8P. The summed E-state index contributed by atoms with van der Waals surface area (Å²) in [5.74, 6) is 0. The lowest BCUT2D eigenvalue weighted by molar-refractivity contribution is 0.0450. The van der Waals surface area contributed by atoms with Gasteiger partial charge in [0.1, 0.15) is 6.10 Å². The molecule has 0 rings (SSSR count). The summed E-state index contributed by atoms with van der Waals surface area (Å²) in [5.41, 5.74) is 0. The second-order valence-electron chi connectivity index (χ2n) is 1.53. The van der Waals surface area contributed by atoms with E-state index in [-0.39, 0.29) is 18.7 Å². The fourth-order valence-electron chi connectivity index (χ4n) is 0.0577. The zero-order chi connectivity index (χ0) is 9.49. The standard InChI is InChI=1S/C3H8O3.H3O4P.H2O/c4-1-3(6)2-5;1-5(2,3)4;/h3-6H,1-2H2;(H3,1,2,3,4);1H2. The lowest BCUT2D eigenvalue weighted by atomic mass is 10.4. The van der Waals surface area contributed by atoms with Gasteiger partial charge in [-0.2, -0.15) is 0 Å². The molecule has 0 unspecified atom stereocenters. The zero-order valence-corrected chi connectivity index (χ0v) is 6.92. The average molecular weight is 208 g/mol. The first-order valence-electron chi connectivity index (χ1n) is 2.49. The van der Waals surface area contributed by atoms with Gasteiger partial charge in [-0.05, 0) is 0 Å². The van der Waals surface area contributed by atoms with Crippen LogP contribution in [0, 0.1) is 0 Å². The van der Waals surface area contributed by atoms with E-state index in [0.29, 0.717) is 0 Å². The minimum Gasteiger partial charge on any atom is -0.412 e. The van der Waals surface area contributed by atoms with Crippen molar-refractivity contribution in [1.29, 1.82) is 0 Å². The summed E-state index contributed by atoms with van der Waals surface area (Å²) in [6.45, 7) is -0.729. The maximum Gasteiger partial charge on any atom is 0.466 e. The molecule has 0 aliphatic carbocycles. The average Bonchev–Trinajstić information content (AvgIpc) is 1.83. The number of aliphatic hydroxyl groups is 3. The first kappa shape index (κ1) is 17.9. The molecule has 0 amide bonds. The summed E-state index contributed by atoms with van der Waals surface area (Å²) >= 11 is 0. The van der Waals surface area contributed by atoms with E-state index in [2.05, 4.69) is 0 Å². The highest BCUT2D eigenvalue weighted by Crippen LogP contribution is 2.25. The SMILES string of the molecule is O.O=P(O)(O)O.OCC(O)CO. The topological polar surface area (TPSA) is 170 Å². The Morgan fingerprint density at radius 3 is 1.25 bits per heavy atom. The molecule has 0 aromatic carbocycles. The molecule has 0 bridgehead atoms. The highest BCUT2D eigenvalue weighted by molar-refractivity contribution is 7.45. The van der Waals surface area contributed by atoms with E-state index in [1.165, 1.54) is 0 Å². The van der Waals surface area contributed by atoms with Gasteiger partial charge in [0.15, 0.2) is 0 Å². The van der Waals surface area contributed by atoms with Gasteiger partial charge in [0.2, 0.25) is 0 Å². The van der Waals surface area contributed by atoms with Crippen molar-refractivity contribution in [2.75, 3.05) is 13.2 Å². The van der Waals surface area contributed by atoms with E-state index in [1.807, 2.05) is 0 Å². The van der Waals surface area contributed by atoms with Crippen LogP contribution in [0.2, 0.25) is 0 Å². The molecule has 12 heavy (non-hydrogen) atoms. The summed E-state index contributed by atoms with van der Waals surface area (Å²) in [4.78, 5) is 21.6. The Bertz CT molecular complexity index is 107. The van der Waals surface area contributed by atoms with Crippen LogP contribution in [0.25, 0.3) is 0 Å². The molecule has 0 heterocycles. The first-order chi connectivity index (χ1) is 4.81. The van der Waals surface area contributed by atoms with Crippen LogP contribution in [-0.2, 0) is 4.57 Å². The Morgan fingerprint density at radius 1 is 1.08 bits per heavy atom. The van der Waals surface area contributed by atoms with Crippen molar-refractivity contribution in [3.8, 4) is 0 Å². The zero-order valence-electron chi connectivity index (χ0n) is 6.03. The third kappa shape index (κ3) is 51.1. The van der Waals surface area contributed by atoms with E-state index >= 15 is 0 Å². The molecule has 0 saturated heterocycles. The fraction of sp³-hybridized carbons (Fsp3) is 1.00. The van der Waals surface area contributed by atoms with E-state index in [9.17, 15) is 0 Å². The normalized spacial score (nSPS) is 9.92. The van der Waals surface area contributed by atoms with Gasteiger partial charge in [0.25, 0.3) is 0 Å². The molecule has 8 N–H and O–H groups in total. The van der Waals surface area contributed by atoms with Crippen LogP contribution in [0.4, 0.5) is 0 Å². The Hall–Kier alpha value is -0.0500. The van der Waals surface area contributed by atoms with Crippen LogP contribution < -0.4 is 0 Å². The number of aliphatic hydroxyl groups excluding tert-OH is 3. The van der Waals surface area contributed by atoms with Gasteiger partial charge in [-0.15, -0.1) is 0 Å². The minimum atomic E-state index is -4.64. The lowest BCUT2D eigenvalue weighted by Crippen LogP contribution is -2.15. The van der Waals surface area contributed by atoms with Crippen LogP contribution in [0.5, 0.6) is 0 Å². The van der Waals surface area contributed by atoms with Crippen molar-refractivity contribution in [2.24, 2.45) is 0 Å². The van der Waals surface area contributed by atoms with Crippen LogP contribution in [-0.4, -0.2) is 54.8 Å². The summed E-state index contributed by atoms with van der Waals surface area (Å²) in [5, 5.41) is 24.0. The molecule has 0 atom stereocenters. The van der Waals surface area contributed by atoms with E-state index in [4.69, 9.17) is 34.6 Å². The number of phosphoric acid groups is 1.